The van der Waals surface area contributed by atoms with Crippen LogP contribution in [0, 0.1) is 0 Å². The Hall–Kier alpha value is -1.43. The lowest BCUT2D eigenvalue weighted by Crippen LogP contribution is -2.48. The predicted molar refractivity (Wildman–Crippen MR) is 282 cm³/mol. The molecule has 0 fully saturated rings. The van der Waals surface area contributed by atoms with Gasteiger partial charge in [-0.15, -0.1) is 0 Å². The summed E-state index contributed by atoms with van der Waals surface area (Å²) in [6.45, 7) is 4.21. The minimum absolute atomic E-state index is 0.374. The molecule has 0 aromatic heterocycles. The molecule has 0 saturated carbocycles. The second-order valence-electron chi connectivity index (χ2n) is 19.8. The molecule has 0 aromatic carbocycles. The third kappa shape index (κ3) is 48.5. The van der Waals surface area contributed by atoms with Crippen LogP contribution in [0.15, 0.2) is 36.5 Å². The van der Waals surface area contributed by atoms with Crippen LogP contribution in [0.3, 0.4) is 0 Å². The van der Waals surface area contributed by atoms with Gasteiger partial charge in [-0.25, -0.2) is 0 Å². The molecule has 0 aromatic rings. The zero-order valence-electron chi connectivity index (χ0n) is 43.2. The van der Waals surface area contributed by atoms with E-state index in [0.717, 1.165) is 38.5 Å². The number of hydrogen-bond donors (Lipinski definition) is 4. The highest BCUT2D eigenvalue weighted by Crippen LogP contribution is 2.17. The molecule has 0 rings (SSSR count). The first-order valence-electron chi connectivity index (χ1n) is 28.8. The number of allylic oxidation sites excluding steroid dienone is 5. The van der Waals surface area contributed by atoms with Crippen LogP contribution in [-0.2, 0) is 4.79 Å². The third-order valence-corrected chi connectivity index (χ3v) is 13.5. The van der Waals surface area contributed by atoms with Crippen molar-refractivity contribution in [2.75, 3.05) is 6.61 Å². The molecule has 0 aliphatic carbocycles. The molecule has 5 nitrogen and oxygen atoms in total. The Labute approximate surface area is 400 Å². The van der Waals surface area contributed by atoms with Crippen LogP contribution in [0.25, 0.3) is 0 Å². The van der Waals surface area contributed by atoms with Gasteiger partial charge in [0.25, 0.3) is 0 Å². The number of hydrogen-bond acceptors (Lipinski definition) is 4. The zero-order valence-corrected chi connectivity index (χ0v) is 43.2. The van der Waals surface area contributed by atoms with Gasteiger partial charge < -0.3 is 20.6 Å². The molecule has 64 heavy (non-hydrogen) atoms. The molecule has 0 bridgehead atoms. The third-order valence-electron chi connectivity index (χ3n) is 13.5. The lowest BCUT2D eigenvalue weighted by Gasteiger charge is -2.21. The van der Waals surface area contributed by atoms with Gasteiger partial charge in [0, 0.05) is 0 Å². The van der Waals surface area contributed by atoms with Gasteiger partial charge in [-0.3, -0.25) is 4.79 Å². The Kier molecular flexibility index (Phi) is 53.0. The Balaban J connectivity index is 3.58. The van der Waals surface area contributed by atoms with Crippen molar-refractivity contribution in [3.8, 4) is 0 Å². The van der Waals surface area contributed by atoms with E-state index in [1.54, 1.807) is 6.08 Å². The molecule has 5 heteroatoms. The molecule has 0 radical (unpaired) electrons. The van der Waals surface area contributed by atoms with Crippen molar-refractivity contribution in [3.05, 3.63) is 36.5 Å². The molecule has 0 heterocycles. The van der Waals surface area contributed by atoms with Crippen molar-refractivity contribution >= 4 is 5.91 Å². The number of unbranched alkanes of at least 4 members (excludes halogenated alkanes) is 41. The summed E-state index contributed by atoms with van der Waals surface area (Å²) in [4.78, 5) is 12.6. The Morgan fingerprint density at radius 1 is 0.375 bits per heavy atom. The molecule has 3 atom stereocenters. The van der Waals surface area contributed by atoms with E-state index in [9.17, 15) is 20.1 Å². The maximum absolute atomic E-state index is 12.6. The second-order valence-corrected chi connectivity index (χ2v) is 19.8. The first-order valence-corrected chi connectivity index (χ1v) is 28.8. The summed E-state index contributed by atoms with van der Waals surface area (Å²) in [5.41, 5.74) is 0. The van der Waals surface area contributed by atoms with Gasteiger partial charge in [-0.1, -0.05) is 288 Å². The van der Waals surface area contributed by atoms with Gasteiger partial charge in [0.05, 0.1) is 18.8 Å². The average molecular weight is 901 g/mol. The van der Waals surface area contributed by atoms with E-state index >= 15 is 0 Å². The highest BCUT2D eigenvalue weighted by atomic mass is 16.3. The zero-order chi connectivity index (χ0) is 46.5. The van der Waals surface area contributed by atoms with Gasteiger partial charge in [0.2, 0.25) is 5.91 Å². The first kappa shape index (κ1) is 62.6. The van der Waals surface area contributed by atoms with Gasteiger partial charge >= 0.3 is 0 Å². The van der Waals surface area contributed by atoms with Crippen molar-refractivity contribution in [1.82, 2.24) is 5.32 Å². The van der Waals surface area contributed by atoms with Crippen molar-refractivity contribution < 1.29 is 20.1 Å². The maximum atomic E-state index is 12.6. The van der Waals surface area contributed by atoms with E-state index in [1.165, 1.54) is 250 Å². The van der Waals surface area contributed by atoms with Crippen LogP contribution in [0.5, 0.6) is 0 Å². The van der Waals surface area contributed by atoms with Crippen LogP contribution in [0.4, 0.5) is 0 Å². The minimum Gasteiger partial charge on any atom is -0.394 e. The van der Waals surface area contributed by atoms with Crippen molar-refractivity contribution in [2.24, 2.45) is 0 Å². The minimum atomic E-state index is -1.11. The molecule has 4 N–H and O–H groups in total. The Bertz CT molecular complexity index is 993. The van der Waals surface area contributed by atoms with Gasteiger partial charge in [-0.05, 0) is 57.8 Å². The van der Waals surface area contributed by atoms with Crippen LogP contribution in [0.1, 0.15) is 309 Å². The summed E-state index contributed by atoms with van der Waals surface area (Å²) >= 11 is 0. The number of carbonyl (C=O) groups excluding carboxylic acids is 1. The number of amides is 1. The number of aliphatic hydroxyl groups is 3. The lowest BCUT2D eigenvalue weighted by molar-refractivity contribution is -0.131. The molecule has 378 valence electrons. The van der Waals surface area contributed by atoms with Gasteiger partial charge in [0.1, 0.15) is 6.10 Å². The van der Waals surface area contributed by atoms with Crippen LogP contribution in [0.2, 0.25) is 0 Å². The SMILES string of the molecule is CCCCCCCCCCCCCC/C=C\CCCCCCCCCCCCCCCC(O)C(=O)NC(CO)C(O)/C=C/CC/C=C/CCCCCCCCCCCCCCCCC. The van der Waals surface area contributed by atoms with Crippen LogP contribution in [-0.4, -0.2) is 46.1 Å². The highest BCUT2D eigenvalue weighted by molar-refractivity contribution is 5.80. The molecule has 0 aliphatic heterocycles. The molecule has 0 aliphatic rings. The summed E-state index contributed by atoms with van der Waals surface area (Å²) in [6, 6.07) is -0.815. The maximum Gasteiger partial charge on any atom is 0.249 e. The number of carbonyl (C=O) groups is 1. The average Bonchev–Trinajstić information content (AvgIpc) is 3.30. The van der Waals surface area contributed by atoms with Crippen molar-refractivity contribution in [1.29, 1.82) is 0 Å². The van der Waals surface area contributed by atoms with Gasteiger partial charge in [0.15, 0.2) is 0 Å². The number of nitrogens with one attached hydrogen (secondary N) is 1. The summed E-state index contributed by atoms with van der Waals surface area (Å²) < 4.78 is 0. The summed E-state index contributed by atoms with van der Waals surface area (Å²) in [5, 5.41) is 33.4. The van der Waals surface area contributed by atoms with Crippen LogP contribution >= 0.6 is 0 Å². The topological polar surface area (TPSA) is 89.8 Å². The summed E-state index contributed by atoms with van der Waals surface area (Å²) in [5.74, 6) is -0.509. The Morgan fingerprint density at radius 3 is 0.953 bits per heavy atom. The largest absolute Gasteiger partial charge is 0.394 e. The first-order chi connectivity index (χ1) is 31.6. The van der Waals surface area contributed by atoms with E-state index in [-0.39, 0.29) is 6.61 Å². The summed E-state index contributed by atoms with van der Waals surface area (Å²) in [7, 11) is 0. The summed E-state index contributed by atoms with van der Waals surface area (Å²) in [6.07, 6.45) is 70.9. The monoisotopic (exact) mass is 900 g/mol. The molecule has 1 amide bonds. The van der Waals surface area contributed by atoms with Gasteiger partial charge in [-0.2, -0.15) is 0 Å². The fraction of sp³-hybridized carbons (Fsp3) is 0.881. The molecule has 3 unspecified atom stereocenters. The fourth-order valence-electron chi connectivity index (χ4n) is 8.96. The van der Waals surface area contributed by atoms with E-state index in [2.05, 4.69) is 43.5 Å². The van der Waals surface area contributed by atoms with Crippen molar-refractivity contribution in [2.45, 2.75) is 327 Å². The second kappa shape index (κ2) is 54.2. The number of aliphatic hydroxyl groups excluding tert-OH is 3. The van der Waals surface area contributed by atoms with E-state index < -0.39 is 24.2 Å². The molecular formula is C59H113NO4. The lowest BCUT2D eigenvalue weighted by atomic mass is 10.0. The Morgan fingerprint density at radius 2 is 0.641 bits per heavy atom. The molecule has 0 saturated heterocycles. The number of rotatable bonds is 53. The normalized spacial score (nSPS) is 13.5. The smallest absolute Gasteiger partial charge is 0.249 e. The van der Waals surface area contributed by atoms with Crippen molar-refractivity contribution in [3.63, 3.8) is 0 Å². The highest BCUT2D eigenvalue weighted by Gasteiger charge is 2.22. The van der Waals surface area contributed by atoms with E-state index in [0.29, 0.717) is 6.42 Å². The standard InChI is InChI=1S/C59H113NO4/c1-3-5-7-9-11-13-15-17-19-21-23-25-26-27-28-29-30-31-32-34-36-38-40-42-44-46-48-50-52-54-58(63)59(64)60-56(55-61)57(62)53-51-49-47-45-43-41-39-37-35-33-24-22-20-18-16-14-12-10-8-6-4-2/h27-28,43,45,51,53,56-58,61-63H,3-26,29-42,44,46-50,52,54-55H2,1-2H3,(H,60,64)/b28-27-,45-43+,53-51+. The van der Waals surface area contributed by atoms with E-state index in [1.807, 2.05) is 6.08 Å². The fourth-order valence-corrected chi connectivity index (χ4v) is 8.96. The van der Waals surface area contributed by atoms with Crippen LogP contribution < -0.4 is 5.32 Å². The quantitative estimate of drug-likeness (QED) is 0.0362. The molecular weight excluding hydrogens is 787 g/mol. The molecule has 0 spiro atoms. The predicted octanol–water partition coefficient (Wildman–Crippen LogP) is 17.8. The van der Waals surface area contributed by atoms with E-state index in [4.69, 9.17) is 0 Å².